The molecular formula is C28H33N3O4S2. The Morgan fingerprint density at radius 3 is 2.00 bits per heavy atom. The Morgan fingerprint density at radius 2 is 1.46 bits per heavy atom. The lowest BCUT2D eigenvalue weighted by molar-refractivity contribution is -0.142. The molecule has 3 aromatic carbocycles. The smallest absolute Gasteiger partial charge is 0.323 e. The van der Waals surface area contributed by atoms with Gasteiger partial charge >= 0.3 is 5.97 Å². The Morgan fingerprint density at radius 1 is 0.892 bits per heavy atom. The van der Waals surface area contributed by atoms with Crippen molar-refractivity contribution in [3.8, 4) is 0 Å². The van der Waals surface area contributed by atoms with Gasteiger partial charge in [-0.05, 0) is 61.7 Å². The molecule has 0 aromatic heterocycles. The molecule has 1 atom stereocenters. The van der Waals surface area contributed by atoms with E-state index in [1.54, 1.807) is 12.1 Å². The van der Waals surface area contributed by atoms with E-state index in [2.05, 4.69) is 39.6 Å². The van der Waals surface area contributed by atoms with Crippen molar-refractivity contribution in [2.24, 2.45) is 0 Å². The highest BCUT2D eigenvalue weighted by atomic mass is 32.2. The lowest BCUT2D eigenvalue weighted by Crippen LogP contribution is -2.41. The fourth-order valence-corrected chi connectivity index (χ4v) is 5.29. The summed E-state index contributed by atoms with van der Waals surface area (Å²) in [6, 6.07) is 25.5. The molecule has 3 rings (SSSR count). The number of rotatable bonds is 12. The van der Waals surface area contributed by atoms with E-state index in [9.17, 15) is 13.2 Å². The second-order valence-corrected chi connectivity index (χ2v) is 10.8. The zero-order valence-electron chi connectivity index (χ0n) is 21.0. The first kappa shape index (κ1) is 28.3. The van der Waals surface area contributed by atoms with E-state index in [0.29, 0.717) is 30.9 Å². The van der Waals surface area contributed by atoms with Gasteiger partial charge < -0.3 is 15.4 Å². The van der Waals surface area contributed by atoms with E-state index in [1.807, 2.05) is 43.3 Å². The molecule has 1 unspecified atom stereocenters. The number of nitrogens with one attached hydrogen (secondary N) is 3. The summed E-state index contributed by atoms with van der Waals surface area (Å²) in [4.78, 5) is 12.4. The van der Waals surface area contributed by atoms with E-state index < -0.39 is 22.0 Å². The number of carbonyl (C=O) groups is 1. The number of unbranched alkanes of at least 4 members (excludes halogenated alkanes) is 1. The molecule has 0 heterocycles. The van der Waals surface area contributed by atoms with Crippen LogP contribution in [0.3, 0.4) is 0 Å². The molecular weight excluding hydrogens is 506 g/mol. The van der Waals surface area contributed by atoms with Crippen LogP contribution in [-0.4, -0.2) is 39.2 Å². The fraction of sp³-hybridized carbons (Fsp3) is 0.286. The maximum absolute atomic E-state index is 12.7. The molecule has 0 spiro atoms. The van der Waals surface area contributed by atoms with Crippen molar-refractivity contribution < 1.29 is 17.9 Å². The molecule has 0 aliphatic carbocycles. The molecule has 3 aromatic rings. The minimum Gasteiger partial charge on any atom is -0.468 e. The lowest BCUT2D eigenvalue weighted by atomic mass is 9.99. The van der Waals surface area contributed by atoms with Crippen LogP contribution in [0.1, 0.15) is 42.0 Å². The summed E-state index contributed by atoms with van der Waals surface area (Å²) in [6.07, 6.45) is 1.58. The van der Waals surface area contributed by atoms with E-state index in [0.717, 1.165) is 16.7 Å². The number of hydrogen-bond donors (Lipinski definition) is 3. The van der Waals surface area contributed by atoms with Crippen LogP contribution < -0.4 is 15.4 Å². The van der Waals surface area contributed by atoms with Gasteiger partial charge in [-0.15, -0.1) is 0 Å². The van der Waals surface area contributed by atoms with Gasteiger partial charge in [-0.25, -0.2) is 8.42 Å². The number of aryl methyl sites for hydroxylation is 1. The van der Waals surface area contributed by atoms with Crippen molar-refractivity contribution in [2.75, 3.05) is 13.7 Å². The van der Waals surface area contributed by atoms with E-state index in [-0.39, 0.29) is 10.9 Å². The SMILES string of the molecule is COC(=O)C(CCCCNC(=S)NC(c1ccccc1)c1ccccc1)NS(=O)(=O)c1ccc(C)cc1. The predicted molar refractivity (Wildman–Crippen MR) is 150 cm³/mol. The summed E-state index contributed by atoms with van der Waals surface area (Å²) in [7, 11) is -2.60. The molecule has 0 aliphatic heterocycles. The van der Waals surface area contributed by atoms with Crippen molar-refractivity contribution in [1.29, 1.82) is 0 Å². The van der Waals surface area contributed by atoms with Crippen LogP contribution in [0.5, 0.6) is 0 Å². The second-order valence-electron chi connectivity index (χ2n) is 8.66. The normalized spacial score (nSPS) is 12.1. The lowest BCUT2D eigenvalue weighted by Gasteiger charge is -2.22. The van der Waals surface area contributed by atoms with Gasteiger partial charge in [-0.2, -0.15) is 4.72 Å². The molecule has 196 valence electrons. The average Bonchev–Trinajstić information content (AvgIpc) is 2.91. The maximum Gasteiger partial charge on any atom is 0.323 e. The van der Waals surface area contributed by atoms with Gasteiger partial charge in [0.05, 0.1) is 18.0 Å². The highest BCUT2D eigenvalue weighted by molar-refractivity contribution is 7.89. The molecule has 0 bridgehead atoms. The average molecular weight is 540 g/mol. The summed E-state index contributed by atoms with van der Waals surface area (Å²) in [5.41, 5.74) is 3.14. The quantitative estimate of drug-likeness (QED) is 0.180. The number of esters is 1. The number of benzene rings is 3. The number of thiocarbonyl (C=S) groups is 1. The van der Waals surface area contributed by atoms with Crippen LogP contribution in [-0.2, 0) is 19.6 Å². The maximum atomic E-state index is 12.7. The summed E-state index contributed by atoms with van der Waals surface area (Å²) in [5, 5.41) is 7.11. The Bertz CT molecular complexity index is 1210. The van der Waals surface area contributed by atoms with Crippen LogP contribution >= 0.6 is 12.2 Å². The number of ether oxygens (including phenoxy) is 1. The molecule has 7 nitrogen and oxygen atoms in total. The van der Waals surface area contributed by atoms with Crippen LogP contribution in [0.25, 0.3) is 0 Å². The third kappa shape index (κ3) is 8.66. The van der Waals surface area contributed by atoms with Crippen molar-refractivity contribution in [3.63, 3.8) is 0 Å². The van der Waals surface area contributed by atoms with Crippen LogP contribution in [0.15, 0.2) is 89.8 Å². The highest BCUT2D eigenvalue weighted by Crippen LogP contribution is 2.21. The van der Waals surface area contributed by atoms with Gasteiger partial charge in [0.25, 0.3) is 0 Å². The van der Waals surface area contributed by atoms with Crippen LogP contribution in [0.2, 0.25) is 0 Å². The van der Waals surface area contributed by atoms with Gasteiger partial charge in [0.1, 0.15) is 6.04 Å². The molecule has 37 heavy (non-hydrogen) atoms. The van der Waals surface area contributed by atoms with Crippen LogP contribution in [0, 0.1) is 6.92 Å². The van der Waals surface area contributed by atoms with Gasteiger partial charge in [-0.1, -0.05) is 78.4 Å². The van der Waals surface area contributed by atoms with Gasteiger partial charge in [-0.3, -0.25) is 4.79 Å². The minimum absolute atomic E-state index is 0.0951. The zero-order chi connectivity index (χ0) is 26.7. The molecule has 9 heteroatoms. The molecule has 0 fully saturated rings. The highest BCUT2D eigenvalue weighted by Gasteiger charge is 2.26. The number of carbonyl (C=O) groups excluding carboxylic acids is 1. The third-order valence-corrected chi connectivity index (χ3v) is 7.61. The molecule has 0 amide bonds. The summed E-state index contributed by atoms with van der Waals surface area (Å²) in [6.45, 7) is 2.44. The molecule has 0 radical (unpaired) electrons. The minimum atomic E-state index is -3.85. The van der Waals surface area contributed by atoms with Crippen LogP contribution in [0.4, 0.5) is 0 Å². The van der Waals surface area contributed by atoms with E-state index in [1.165, 1.54) is 19.2 Å². The predicted octanol–water partition coefficient (Wildman–Crippen LogP) is 4.24. The number of sulfonamides is 1. The number of methoxy groups -OCH3 is 1. The Balaban J connectivity index is 1.51. The third-order valence-electron chi connectivity index (χ3n) is 5.86. The van der Waals surface area contributed by atoms with Crippen molar-refractivity contribution in [2.45, 2.75) is 43.2 Å². The monoisotopic (exact) mass is 539 g/mol. The first-order valence-electron chi connectivity index (χ1n) is 12.1. The molecule has 0 saturated heterocycles. The second kappa shape index (κ2) is 13.9. The fourth-order valence-electron chi connectivity index (χ4n) is 3.85. The Hall–Kier alpha value is -3.27. The first-order valence-corrected chi connectivity index (χ1v) is 14.0. The van der Waals surface area contributed by atoms with Gasteiger partial charge in [0, 0.05) is 6.54 Å². The molecule has 0 aliphatic rings. The summed E-state index contributed by atoms with van der Waals surface area (Å²) < 4.78 is 32.8. The summed E-state index contributed by atoms with van der Waals surface area (Å²) >= 11 is 5.54. The van der Waals surface area contributed by atoms with Crippen molar-refractivity contribution >= 4 is 33.3 Å². The van der Waals surface area contributed by atoms with Gasteiger partial charge in [0.2, 0.25) is 10.0 Å². The van der Waals surface area contributed by atoms with E-state index in [4.69, 9.17) is 17.0 Å². The topological polar surface area (TPSA) is 96.5 Å². The Kier molecular flexibility index (Phi) is 10.6. The first-order chi connectivity index (χ1) is 17.8. The Labute approximate surface area is 224 Å². The molecule has 0 saturated carbocycles. The molecule has 3 N–H and O–H groups in total. The summed E-state index contributed by atoms with van der Waals surface area (Å²) in [5.74, 6) is -0.616. The largest absolute Gasteiger partial charge is 0.468 e. The van der Waals surface area contributed by atoms with Crippen molar-refractivity contribution in [1.82, 2.24) is 15.4 Å². The van der Waals surface area contributed by atoms with E-state index >= 15 is 0 Å². The van der Waals surface area contributed by atoms with Crippen molar-refractivity contribution in [3.05, 3.63) is 102 Å². The number of hydrogen-bond acceptors (Lipinski definition) is 5. The zero-order valence-corrected chi connectivity index (χ0v) is 22.6. The van der Waals surface area contributed by atoms with Gasteiger partial charge in [0.15, 0.2) is 5.11 Å². The standard InChI is InChI=1S/C28H33N3O4S2/c1-21-16-18-24(19-17-21)37(33,34)31-25(27(32)35-2)15-9-10-20-29-28(36)30-26(22-11-5-3-6-12-22)23-13-7-4-8-14-23/h3-8,11-14,16-19,25-26,31H,9-10,15,20H2,1-2H3,(H2,29,30,36).